The van der Waals surface area contributed by atoms with Crippen LogP contribution in [0.2, 0.25) is 0 Å². The molecule has 2 rings (SSSR count). The van der Waals surface area contributed by atoms with E-state index in [1.165, 1.54) is 12.2 Å². The molecule has 1 heterocycles. The number of carbonyl (C=O) groups excluding carboxylic acids is 1. The molecule has 0 aliphatic heterocycles. The molecule has 0 bridgehead atoms. The second-order valence-corrected chi connectivity index (χ2v) is 5.36. The number of hydrogen-bond donors (Lipinski definition) is 1. The molecule has 0 radical (unpaired) electrons. The van der Waals surface area contributed by atoms with Crippen LogP contribution in [0.5, 0.6) is 11.5 Å². The third-order valence-corrected chi connectivity index (χ3v) is 3.63. The highest BCUT2D eigenvalue weighted by Crippen LogP contribution is 2.29. The molecule has 148 valence electrons. The van der Waals surface area contributed by atoms with Crippen molar-refractivity contribution in [2.24, 2.45) is 0 Å². The van der Waals surface area contributed by atoms with Gasteiger partial charge >= 0.3 is 0 Å². The van der Waals surface area contributed by atoms with Gasteiger partial charge in [-0.2, -0.15) is 5.10 Å². The number of ether oxygens (including phenoxy) is 2. The number of carbonyl (C=O) groups is 1. The van der Waals surface area contributed by atoms with Gasteiger partial charge in [-0.15, -0.1) is 0 Å². The van der Waals surface area contributed by atoms with E-state index in [0.29, 0.717) is 22.8 Å². The Morgan fingerprint density at radius 3 is 2.29 bits per heavy atom. The van der Waals surface area contributed by atoms with E-state index in [-0.39, 0.29) is 5.78 Å². The number of nitrogens with one attached hydrogen (secondary N) is 1. The van der Waals surface area contributed by atoms with Crippen molar-refractivity contribution < 1.29 is 14.3 Å². The van der Waals surface area contributed by atoms with Gasteiger partial charge in [0, 0.05) is 17.2 Å². The minimum atomic E-state index is -0.128. The zero-order valence-electron chi connectivity index (χ0n) is 17.2. The number of methoxy groups -OCH3 is 2. The molecule has 2 aromatic rings. The Bertz CT molecular complexity index is 851. The minimum absolute atomic E-state index is 0.128. The van der Waals surface area contributed by atoms with Gasteiger partial charge in [0.25, 0.3) is 0 Å². The van der Waals surface area contributed by atoms with Gasteiger partial charge in [-0.05, 0) is 37.3 Å². The normalized spacial score (nSPS) is 11.2. The van der Waals surface area contributed by atoms with Crippen LogP contribution >= 0.6 is 0 Å². The molecule has 5 heteroatoms. The zero-order valence-corrected chi connectivity index (χ0v) is 17.2. The molecular weight excluding hydrogens is 352 g/mol. The average molecular weight is 380 g/mol. The molecule has 1 aromatic carbocycles. The van der Waals surface area contributed by atoms with Gasteiger partial charge < -0.3 is 9.47 Å². The van der Waals surface area contributed by atoms with Gasteiger partial charge in [0.05, 0.1) is 25.6 Å². The third-order valence-electron chi connectivity index (χ3n) is 3.63. The fraction of sp³-hybridized carbons (Fsp3) is 0.217. The van der Waals surface area contributed by atoms with Crippen LogP contribution in [0.4, 0.5) is 0 Å². The summed E-state index contributed by atoms with van der Waals surface area (Å²) in [4.78, 5) is 12.2. The first-order valence-corrected chi connectivity index (χ1v) is 9.08. The SMILES string of the molecule is C=C/C(=C\C=C/C)C(=O)/C=C/c1cc(-c2cc(OC)cc(OC)c2)n[nH]1.CC. The second kappa shape index (κ2) is 12.1. The smallest absolute Gasteiger partial charge is 0.185 e. The van der Waals surface area contributed by atoms with Crippen LogP contribution in [0.25, 0.3) is 17.3 Å². The zero-order chi connectivity index (χ0) is 20.9. The fourth-order valence-corrected chi connectivity index (χ4v) is 2.24. The Morgan fingerprint density at radius 1 is 1.11 bits per heavy atom. The molecule has 0 amide bonds. The van der Waals surface area contributed by atoms with Crippen LogP contribution in [0.1, 0.15) is 26.5 Å². The monoisotopic (exact) mass is 380 g/mol. The quantitative estimate of drug-likeness (QED) is 0.492. The van der Waals surface area contributed by atoms with Crippen LogP contribution < -0.4 is 9.47 Å². The van der Waals surface area contributed by atoms with Crippen molar-refractivity contribution in [2.75, 3.05) is 14.2 Å². The van der Waals surface area contributed by atoms with Crippen molar-refractivity contribution in [2.45, 2.75) is 20.8 Å². The summed E-state index contributed by atoms with van der Waals surface area (Å²) in [5.74, 6) is 1.23. The van der Waals surface area contributed by atoms with Crippen molar-refractivity contribution >= 4 is 11.9 Å². The van der Waals surface area contributed by atoms with Gasteiger partial charge in [0.15, 0.2) is 5.78 Å². The number of allylic oxidation sites excluding steroid dienone is 6. The van der Waals surface area contributed by atoms with E-state index in [4.69, 9.17) is 9.47 Å². The number of nitrogens with zero attached hydrogens (tertiary/aromatic N) is 1. The summed E-state index contributed by atoms with van der Waals surface area (Å²) in [7, 11) is 3.20. The standard InChI is InChI=1S/C21H22N2O3.C2H6/c1-5-7-8-15(6-2)21(24)10-9-17-13-20(23-22-17)16-11-18(25-3)14-19(12-16)26-4;1-2/h5-14H,2H2,1,3-4H3,(H,22,23);1-2H3/b7-5-,10-9+,15-8+;. The lowest BCUT2D eigenvalue weighted by molar-refractivity contribution is -0.111. The van der Waals surface area contributed by atoms with E-state index < -0.39 is 0 Å². The molecule has 0 aliphatic rings. The Balaban J connectivity index is 0.00000190. The number of H-pyrrole nitrogens is 1. The highest BCUT2D eigenvalue weighted by Gasteiger charge is 2.08. The van der Waals surface area contributed by atoms with E-state index >= 15 is 0 Å². The van der Waals surface area contributed by atoms with E-state index in [0.717, 1.165) is 11.3 Å². The van der Waals surface area contributed by atoms with Crippen LogP contribution in [-0.4, -0.2) is 30.2 Å². The summed E-state index contributed by atoms with van der Waals surface area (Å²) in [6.07, 6.45) is 10.1. The van der Waals surface area contributed by atoms with Crippen molar-refractivity contribution in [3.63, 3.8) is 0 Å². The first-order valence-electron chi connectivity index (χ1n) is 9.08. The van der Waals surface area contributed by atoms with E-state index in [1.54, 1.807) is 38.5 Å². The predicted molar refractivity (Wildman–Crippen MR) is 116 cm³/mol. The maximum Gasteiger partial charge on any atom is 0.185 e. The molecule has 0 saturated heterocycles. The number of aromatic nitrogens is 2. The van der Waals surface area contributed by atoms with Crippen molar-refractivity contribution in [1.29, 1.82) is 0 Å². The topological polar surface area (TPSA) is 64.2 Å². The second-order valence-electron chi connectivity index (χ2n) is 5.36. The lowest BCUT2D eigenvalue weighted by atomic mass is 10.1. The van der Waals surface area contributed by atoms with Crippen molar-refractivity contribution in [3.05, 3.63) is 72.5 Å². The number of aromatic amines is 1. The van der Waals surface area contributed by atoms with Crippen molar-refractivity contribution in [1.82, 2.24) is 10.2 Å². The van der Waals surface area contributed by atoms with Gasteiger partial charge in [-0.1, -0.05) is 44.7 Å². The summed E-state index contributed by atoms with van der Waals surface area (Å²) in [6.45, 7) is 9.55. The molecule has 0 unspecified atom stereocenters. The largest absolute Gasteiger partial charge is 0.497 e. The highest BCUT2D eigenvalue weighted by atomic mass is 16.5. The van der Waals surface area contributed by atoms with Crippen molar-refractivity contribution in [3.8, 4) is 22.8 Å². The van der Waals surface area contributed by atoms with Crippen LogP contribution in [0, 0.1) is 0 Å². The van der Waals surface area contributed by atoms with Gasteiger partial charge in [0.1, 0.15) is 11.5 Å². The molecule has 1 N–H and O–H groups in total. The first kappa shape index (κ1) is 22.7. The fourth-order valence-electron chi connectivity index (χ4n) is 2.24. The molecule has 0 fully saturated rings. The molecule has 0 atom stereocenters. The maximum absolute atomic E-state index is 12.2. The molecule has 0 saturated carbocycles. The Labute approximate surface area is 167 Å². The number of hydrogen-bond acceptors (Lipinski definition) is 4. The Morgan fingerprint density at radius 2 is 1.75 bits per heavy atom. The third kappa shape index (κ3) is 6.43. The van der Waals surface area contributed by atoms with Crippen LogP contribution in [-0.2, 0) is 4.79 Å². The minimum Gasteiger partial charge on any atom is -0.497 e. The Kier molecular flexibility index (Phi) is 9.83. The van der Waals surface area contributed by atoms with Crippen LogP contribution in [0.15, 0.2) is 66.8 Å². The summed E-state index contributed by atoms with van der Waals surface area (Å²) in [5, 5.41) is 7.19. The molecule has 0 spiro atoms. The summed E-state index contributed by atoms with van der Waals surface area (Å²) < 4.78 is 10.6. The molecule has 5 nitrogen and oxygen atoms in total. The van der Waals surface area contributed by atoms with E-state index in [9.17, 15) is 4.79 Å². The summed E-state index contributed by atoms with van der Waals surface area (Å²) in [6, 6.07) is 7.38. The lowest BCUT2D eigenvalue weighted by Gasteiger charge is -2.06. The van der Waals surface area contributed by atoms with E-state index in [1.807, 2.05) is 45.0 Å². The van der Waals surface area contributed by atoms with Gasteiger partial charge in [-0.25, -0.2) is 0 Å². The highest BCUT2D eigenvalue weighted by molar-refractivity contribution is 6.08. The van der Waals surface area contributed by atoms with Crippen LogP contribution in [0.3, 0.4) is 0 Å². The molecule has 0 aliphatic carbocycles. The van der Waals surface area contributed by atoms with Gasteiger partial charge in [-0.3, -0.25) is 9.89 Å². The maximum atomic E-state index is 12.2. The van der Waals surface area contributed by atoms with E-state index in [2.05, 4.69) is 16.8 Å². The molecule has 28 heavy (non-hydrogen) atoms. The summed E-state index contributed by atoms with van der Waals surface area (Å²) in [5.41, 5.74) is 2.81. The molecular formula is C23H28N2O3. The predicted octanol–water partition coefficient (Wildman–Crippen LogP) is 5.39. The number of ketones is 1. The average Bonchev–Trinajstić information content (AvgIpc) is 3.23. The Hall–Kier alpha value is -3.34. The lowest BCUT2D eigenvalue weighted by Crippen LogP contribution is -1.94. The van der Waals surface area contributed by atoms with Gasteiger partial charge in [0.2, 0.25) is 0 Å². The number of benzene rings is 1. The summed E-state index contributed by atoms with van der Waals surface area (Å²) >= 11 is 0. The first-order chi connectivity index (χ1) is 13.6. The molecule has 1 aromatic heterocycles. The number of rotatable bonds is 8.